The number of nitrogens with zero attached hydrogens (tertiary/aromatic N) is 3. The number of imidazole rings is 1. The fourth-order valence-corrected chi connectivity index (χ4v) is 4.27. The number of aryl methyl sites for hydroxylation is 1. The molecular weight excluding hydrogens is 446 g/mol. The number of anilines is 3. The molecule has 1 aromatic carbocycles. The summed E-state index contributed by atoms with van der Waals surface area (Å²) in [5.74, 6) is 2.03. The molecule has 0 saturated heterocycles. The molecule has 3 aromatic rings. The molecule has 0 spiro atoms. The van der Waals surface area contributed by atoms with Crippen LogP contribution in [0.2, 0.25) is 0 Å². The molecule has 6 N–H and O–H groups in total. The molecule has 10 nitrogen and oxygen atoms in total. The quantitative estimate of drug-likeness (QED) is 0.229. The molecule has 1 saturated carbocycles. The van der Waals surface area contributed by atoms with Crippen molar-refractivity contribution in [2.45, 2.75) is 64.3 Å². The van der Waals surface area contributed by atoms with E-state index in [4.69, 9.17) is 14.8 Å². The van der Waals surface area contributed by atoms with Gasteiger partial charge in [0, 0.05) is 18.3 Å². The highest BCUT2D eigenvalue weighted by molar-refractivity contribution is 5.84. The van der Waals surface area contributed by atoms with E-state index in [1.54, 1.807) is 6.33 Å². The van der Waals surface area contributed by atoms with Gasteiger partial charge in [-0.3, -0.25) is 4.79 Å². The maximum Gasteiger partial charge on any atom is 0.231 e. The Hall–Kier alpha value is -3.40. The average Bonchev–Trinajstić information content (AvgIpc) is 3.33. The van der Waals surface area contributed by atoms with E-state index in [2.05, 4.69) is 30.9 Å². The number of amides is 1. The summed E-state index contributed by atoms with van der Waals surface area (Å²) in [6, 6.07) is 6.32. The van der Waals surface area contributed by atoms with Crippen molar-refractivity contribution in [2.24, 2.45) is 0 Å². The van der Waals surface area contributed by atoms with E-state index < -0.39 is 0 Å². The fourth-order valence-electron chi connectivity index (χ4n) is 4.27. The monoisotopic (exact) mass is 482 g/mol. The Kier molecular flexibility index (Phi) is 8.72. The van der Waals surface area contributed by atoms with Gasteiger partial charge < -0.3 is 30.8 Å². The van der Waals surface area contributed by atoms with Crippen molar-refractivity contribution in [2.75, 3.05) is 30.4 Å². The van der Waals surface area contributed by atoms with Gasteiger partial charge in [0.1, 0.15) is 11.3 Å². The molecule has 2 heterocycles. The van der Waals surface area contributed by atoms with Crippen molar-refractivity contribution in [1.82, 2.24) is 25.3 Å². The second-order valence-electron chi connectivity index (χ2n) is 8.98. The van der Waals surface area contributed by atoms with Crippen LogP contribution in [0.4, 0.5) is 17.5 Å². The summed E-state index contributed by atoms with van der Waals surface area (Å²) < 4.78 is 5.87. The highest BCUT2D eigenvalue weighted by Gasteiger charge is 2.17. The Morgan fingerprint density at radius 3 is 2.86 bits per heavy atom. The van der Waals surface area contributed by atoms with Crippen molar-refractivity contribution in [3.8, 4) is 5.75 Å². The number of unbranched alkanes of at least 4 members (excludes halogenated alkanes) is 1. The molecule has 0 atom stereocenters. The summed E-state index contributed by atoms with van der Waals surface area (Å²) in [5, 5.41) is 16.8. The molecule has 1 amide bonds. The Morgan fingerprint density at radius 2 is 2.06 bits per heavy atom. The minimum absolute atomic E-state index is 0.0630. The van der Waals surface area contributed by atoms with Crippen LogP contribution in [-0.4, -0.2) is 56.7 Å². The third kappa shape index (κ3) is 7.05. The summed E-state index contributed by atoms with van der Waals surface area (Å²) in [7, 11) is 0. The molecule has 0 unspecified atom stereocenters. The van der Waals surface area contributed by atoms with E-state index >= 15 is 0 Å². The number of fused-ring (bicyclic) bond motifs is 1. The maximum absolute atomic E-state index is 11.4. The van der Waals surface area contributed by atoms with Crippen LogP contribution in [0.3, 0.4) is 0 Å². The Labute approximate surface area is 205 Å². The number of nitrogens with one attached hydrogen (secondary N) is 4. The Bertz CT molecular complexity index is 1110. The van der Waals surface area contributed by atoms with E-state index in [1.807, 2.05) is 25.1 Å². The zero-order valence-electron chi connectivity index (χ0n) is 20.3. The number of H-pyrrole nitrogens is 1. The van der Waals surface area contributed by atoms with Crippen LogP contribution in [-0.2, 0) is 4.79 Å². The molecule has 10 heteroatoms. The number of carbonyl (C=O) groups excluding carboxylic acids is 1. The average molecular weight is 483 g/mol. The van der Waals surface area contributed by atoms with Crippen LogP contribution in [0.15, 0.2) is 24.5 Å². The molecule has 1 fully saturated rings. The van der Waals surface area contributed by atoms with Crippen LogP contribution in [0.5, 0.6) is 5.75 Å². The van der Waals surface area contributed by atoms with E-state index in [-0.39, 0.29) is 18.9 Å². The molecule has 2 aromatic heterocycles. The number of aromatic nitrogens is 4. The molecule has 1 aliphatic rings. The molecular formula is C25H36N7O3+. The van der Waals surface area contributed by atoms with Crippen LogP contribution in [0.25, 0.3) is 11.2 Å². The second kappa shape index (κ2) is 12.3. The van der Waals surface area contributed by atoms with Gasteiger partial charge in [-0.25, -0.2) is 4.98 Å². The SMILES string of the molecule is Cc1cc(OCCCCNC(=O)CC[OH2+])ccc1Nc1nc(NC2CCCCC2)c2[nH]cnc2n1. The van der Waals surface area contributed by atoms with Crippen molar-refractivity contribution in [3.05, 3.63) is 30.1 Å². The zero-order valence-corrected chi connectivity index (χ0v) is 20.3. The fraction of sp³-hybridized carbons (Fsp3) is 0.520. The smallest absolute Gasteiger partial charge is 0.231 e. The van der Waals surface area contributed by atoms with E-state index in [1.165, 1.54) is 19.3 Å². The molecule has 188 valence electrons. The summed E-state index contributed by atoms with van der Waals surface area (Å²) in [6.07, 6.45) is 9.70. The minimum atomic E-state index is -0.0630. The van der Waals surface area contributed by atoms with Crippen molar-refractivity contribution in [3.63, 3.8) is 0 Å². The van der Waals surface area contributed by atoms with Crippen molar-refractivity contribution >= 4 is 34.5 Å². The van der Waals surface area contributed by atoms with Gasteiger partial charge in [0.15, 0.2) is 18.1 Å². The van der Waals surface area contributed by atoms with Crippen molar-refractivity contribution < 1.29 is 14.6 Å². The first kappa shape index (κ1) is 24.7. The summed E-state index contributed by atoms with van der Waals surface area (Å²) in [4.78, 5) is 28.2. The molecule has 35 heavy (non-hydrogen) atoms. The molecule has 1 aliphatic carbocycles. The lowest BCUT2D eigenvalue weighted by Gasteiger charge is -2.23. The van der Waals surface area contributed by atoms with Gasteiger partial charge in [0.05, 0.1) is 19.4 Å². The Morgan fingerprint density at radius 1 is 1.20 bits per heavy atom. The normalized spacial score (nSPS) is 14.1. The van der Waals surface area contributed by atoms with Crippen LogP contribution >= 0.6 is 0 Å². The van der Waals surface area contributed by atoms with Crippen LogP contribution in [0, 0.1) is 6.92 Å². The van der Waals surface area contributed by atoms with E-state index in [0.717, 1.165) is 54.0 Å². The summed E-state index contributed by atoms with van der Waals surface area (Å²) in [6.45, 7) is 3.34. The number of aromatic amines is 1. The predicted molar refractivity (Wildman–Crippen MR) is 137 cm³/mol. The van der Waals surface area contributed by atoms with Gasteiger partial charge >= 0.3 is 0 Å². The standard InChI is InChI=1S/C25H35N7O3/c1-17-15-19(35-14-6-5-12-26-21(34)11-13-33)9-10-20(17)30-25-31-23-22(27-16-28-23)24(32-25)29-18-7-3-2-4-8-18/h9-10,15-16,18,33H,2-8,11-14H2,1H3,(H,26,34)(H3,27,28,29,30,31,32)/p+1. The molecule has 4 rings (SSSR count). The van der Waals surface area contributed by atoms with Gasteiger partial charge in [-0.2, -0.15) is 9.97 Å². The number of benzene rings is 1. The predicted octanol–water partition coefficient (Wildman–Crippen LogP) is 3.54. The lowest BCUT2D eigenvalue weighted by molar-refractivity contribution is -0.121. The largest absolute Gasteiger partial charge is 0.494 e. The van der Waals surface area contributed by atoms with Gasteiger partial charge in [0.2, 0.25) is 11.9 Å². The van der Waals surface area contributed by atoms with Gasteiger partial charge in [0.25, 0.3) is 0 Å². The van der Waals surface area contributed by atoms with Gasteiger partial charge in [-0.1, -0.05) is 19.3 Å². The van der Waals surface area contributed by atoms with Gasteiger partial charge in [-0.05, 0) is 56.4 Å². The lowest BCUT2D eigenvalue weighted by atomic mass is 9.95. The third-order valence-electron chi connectivity index (χ3n) is 6.19. The lowest BCUT2D eigenvalue weighted by Crippen LogP contribution is -2.25. The second-order valence-corrected chi connectivity index (χ2v) is 8.98. The first-order valence-corrected chi connectivity index (χ1v) is 12.5. The summed E-state index contributed by atoms with van der Waals surface area (Å²) >= 11 is 0. The zero-order chi connectivity index (χ0) is 24.5. The number of hydrogen-bond donors (Lipinski definition) is 4. The van der Waals surface area contributed by atoms with Gasteiger partial charge in [-0.15, -0.1) is 0 Å². The highest BCUT2D eigenvalue weighted by atomic mass is 16.5. The number of carbonyl (C=O) groups is 1. The molecule has 0 aliphatic heterocycles. The molecule has 0 radical (unpaired) electrons. The van der Waals surface area contributed by atoms with E-state index in [9.17, 15) is 4.79 Å². The highest BCUT2D eigenvalue weighted by Crippen LogP contribution is 2.28. The number of ether oxygens (including phenoxy) is 1. The first-order valence-electron chi connectivity index (χ1n) is 12.5. The third-order valence-corrected chi connectivity index (χ3v) is 6.19. The maximum atomic E-state index is 11.4. The number of rotatable bonds is 12. The van der Waals surface area contributed by atoms with Crippen LogP contribution in [0.1, 0.15) is 56.9 Å². The minimum Gasteiger partial charge on any atom is -0.494 e. The van der Waals surface area contributed by atoms with E-state index in [0.29, 0.717) is 30.8 Å². The Balaban J connectivity index is 1.32. The first-order chi connectivity index (χ1) is 17.1. The van der Waals surface area contributed by atoms with Crippen molar-refractivity contribution in [1.29, 1.82) is 0 Å². The topological polar surface area (TPSA) is 140 Å². The number of hydrogen-bond acceptors (Lipinski definition) is 7. The van der Waals surface area contributed by atoms with Crippen LogP contribution < -0.4 is 20.7 Å². The molecule has 0 bridgehead atoms. The summed E-state index contributed by atoms with van der Waals surface area (Å²) in [5.41, 5.74) is 3.40.